The SMILES string of the molecule is CCCCCc1cc(OC(C)=O)cc(OC(C)=O)c1. The van der Waals surface area contributed by atoms with Gasteiger partial charge in [0.05, 0.1) is 0 Å². The summed E-state index contributed by atoms with van der Waals surface area (Å²) in [5.41, 5.74) is 1.00. The van der Waals surface area contributed by atoms with Crippen LogP contribution in [0.5, 0.6) is 11.5 Å². The normalized spacial score (nSPS) is 10.1. The second-order valence-electron chi connectivity index (χ2n) is 4.46. The summed E-state index contributed by atoms with van der Waals surface area (Å²) >= 11 is 0. The van der Waals surface area contributed by atoms with Crippen LogP contribution in [0.3, 0.4) is 0 Å². The molecular weight excluding hydrogens is 244 g/mol. The second kappa shape index (κ2) is 7.56. The average Bonchev–Trinajstić information content (AvgIpc) is 2.27. The Labute approximate surface area is 113 Å². The van der Waals surface area contributed by atoms with Crippen molar-refractivity contribution in [3.8, 4) is 11.5 Å². The second-order valence-corrected chi connectivity index (χ2v) is 4.46. The van der Waals surface area contributed by atoms with Crippen LogP contribution in [0.25, 0.3) is 0 Å². The lowest BCUT2D eigenvalue weighted by Crippen LogP contribution is -2.05. The van der Waals surface area contributed by atoms with E-state index < -0.39 is 0 Å². The summed E-state index contributed by atoms with van der Waals surface area (Å²) in [6.07, 6.45) is 4.21. The van der Waals surface area contributed by atoms with Gasteiger partial charge < -0.3 is 9.47 Å². The van der Waals surface area contributed by atoms with Crippen LogP contribution in [0.2, 0.25) is 0 Å². The van der Waals surface area contributed by atoms with Gasteiger partial charge in [0.2, 0.25) is 0 Å². The zero-order valence-electron chi connectivity index (χ0n) is 11.7. The molecule has 0 fully saturated rings. The lowest BCUT2D eigenvalue weighted by molar-refractivity contribution is -0.132. The minimum atomic E-state index is -0.389. The van der Waals surface area contributed by atoms with Gasteiger partial charge in [0.15, 0.2) is 0 Å². The molecule has 0 spiro atoms. The zero-order valence-corrected chi connectivity index (χ0v) is 11.7. The van der Waals surface area contributed by atoms with Crippen molar-refractivity contribution in [2.75, 3.05) is 0 Å². The number of ether oxygens (including phenoxy) is 2. The Morgan fingerprint density at radius 2 is 1.47 bits per heavy atom. The number of aryl methyl sites for hydroxylation is 1. The summed E-state index contributed by atoms with van der Waals surface area (Å²) in [5, 5.41) is 0. The van der Waals surface area contributed by atoms with E-state index in [-0.39, 0.29) is 11.9 Å². The molecule has 1 aromatic rings. The van der Waals surface area contributed by atoms with E-state index in [1.807, 2.05) is 12.1 Å². The lowest BCUT2D eigenvalue weighted by Gasteiger charge is -2.09. The number of benzene rings is 1. The van der Waals surface area contributed by atoms with Gasteiger partial charge in [-0.25, -0.2) is 0 Å². The van der Waals surface area contributed by atoms with Crippen LogP contribution < -0.4 is 9.47 Å². The molecule has 19 heavy (non-hydrogen) atoms. The van der Waals surface area contributed by atoms with Gasteiger partial charge in [-0.15, -0.1) is 0 Å². The predicted octanol–water partition coefficient (Wildman–Crippen LogP) is 3.27. The van der Waals surface area contributed by atoms with Crippen LogP contribution in [-0.4, -0.2) is 11.9 Å². The van der Waals surface area contributed by atoms with Crippen LogP contribution in [0.1, 0.15) is 45.6 Å². The predicted molar refractivity (Wildman–Crippen MR) is 72.3 cm³/mol. The maximum absolute atomic E-state index is 11.0. The highest BCUT2D eigenvalue weighted by Crippen LogP contribution is 2.24. The fraction of sp³-hybridized carbons (Fsp3) is 0.467. The van der Waals surface area contributed by atoms with Crippen molar-refractivity contribution in [2.45, 2.75) is 46.5 Å². The number of esters is 2. The zero-order chi connectivity index (χ0) is 14.3. The summed E-state index contributed by atoms with van der Waals surface area (Å²) in [6, 6.07) is 5.17. The number of unbranched alkanes of at least 4 members (excludes halogenated alkanes) is 2. The van der Waals surface area contributed by atoms with Crippen LogP contribution in [0.4, 0.5) is 0 Å². The standard InChI is InChI=1S/C15H20O4/c1-4-5-6-7-13-8-14(18-11(2)16)10-15(9-13)19-12(3)17/h8-10H,4-7H2,1-3H3. The topological polar surface area (TPSA) is 52.6 Å². The highest BCUT2D eigenvalue weighted by molar-refractivity contribution is 5.71. The molecule has 0 N–H and O–H groups in total. The van der Waals surface area contributed by atoms with Crippen LogP contribution in [0.15, 0.2) is 18.2 Å². The molecule has 4 nitrogen and oxygen atoms in total. The first-order valence-corrected chi connectivity index (χ1v) is 6.52. The molecule has 0 radical (unpaired) electrons. The van der Waals surface area contributed by atoms with Crippen molar-refractivity contribution in [1.82, 2.24) is 0 Å². The molecule has 1 aromatic carbocycles. The molecule has 0 aromatic heterocycles. The van der Waals surface area contributed by atoms with Gasteiger partial charge in [-0.2, -0.15) is 0 Å². The first kappa shape index (κ1) is 15.2. The van der Waals surface area contributed by atoms with Crippen molar-refractivity contribution in [3.05, 3.63) is 23.8 Å². The third kappa shape index (κ3) is 6.04. The number of carbonyl (C=O) groups is 2. The third-order valence-corrected chi connectivity index (χ3v) is 2.53. The average molecular weight is 264 g/mol. The van der Waals surface area contributed by atoms with Crippen molar-refractivity contribution >= 4 is 11.9 Å². The Kier molecular flexibility index (Phi) is 6.06. The summed E-state index contributed by atoms with van der Waals surface area (Å²) in [7, 11) is 0. The van der Waals surface area contributed by atoms with Crippen LogP contribution >= 0.6 is 0 Å². The molecule has 0 heterocycles. The minimum Gasteiger partial charge on any atom is -0.427 e. The van der Waals surface area contributed by atoms with E-state index in [4.69, 9.17) is 9.47 Å². The number of carbonyl (C=O) groups excluding carboxylic acids is 2. The van der Waals surface area contributed by atoms with E-state index >= 15 is 0 Å². The van der Waals surface area contributed by atoms with E-state index in [1.54, 1.807) is 6.07 Å². The number of rotatable bonds is 6. The Morgan fingerprint density at radius 3 is 1.89 bits per heavy atom. The monoisotopic (exact) mass is 264 g/mol. The Bertz CT molecular complexity index is 417. The van der Waals surface area contributed by atoms with Gasteiger partial charge in [-0.3, -0.25) is 9.59 Å². The summed E-state index contributed by atoms with van der Waals surface area (Å²) in [4.78, 5) is 22.0. The fourth-order valence-electron chi connectivity index (χ4n) is 1.80. The Morgan fingerprint density at radius 1 is 0.947 bits per heavy atom. The van der Waals surface area contributed by atoms with Crippen molar-refractivity contribution in [1.29, 1.82) is 0 Å². The molecule has 0 amide bonds. The van der Waals surface area contributed by atoms with Gasteiger partial charge in [-0.1, -0.05) is 19.8 Å². The largest absolute Gasteiger partial charge is 0.427 e. The summed E-state index contributed by atoms with van der Waals surface area (Å²) in [6.45, 7) is 4.82. The molecule has 1 rings (SSSR count). The minimum absolute atomic E-state index is 0.389. The summed E-state index contributed by atoms with van der Waals surface area (Å²) in [5.74, 6) is 0.0504. The van der Waals surface area contributed by atoms with E-state index in [2.05, 4.69) is 6.92 Å². The van der Waals surface area contributed by atoms with Crippen LogP contribution in [0, 0.1) is 0 Å². The lowest BCUT2D eigenvalue weighted by atomic mass is 10.1. The molecule has 0 aliphatic carbocycles. The van der Waals surface area contributed by atoms with Gasteiger partial charge in [-0.05, 0) is 30.5 Å². The van der Waals surface area contributed by atoms with E-state index in [9.17, 15) is 9.59 Å². The van der Waals surface area contributed by atoms with Crippen molar-refractivity contribution in [2.24, 2.45) is 0 Å². The van der Waals surface area contributed by atoms with E-state index in [0.29, 0.717) is 11.5 Å². The van der Waals surface area contributed by atoms with Gasteiger partial charge >= 0.3 is 11.9 Å². The van der Waals surface area contributed by atoms with Gasteiger partial charge in [0.25, 0.3) is 0 Å². The first-order valence-electron chi connectivity index (χ1n) is 6.52. The first-order chi connectivity index (χ1) is 9.01. The molecule has 0 saturated carbocycles. The molecule has 0 unspecified atom stereocenters. The molecule has 0 saturated heterocycles. The number of hydrogen-bond donors (Lipinski definition) is 0. The van der Waals surface area contributed by atoms with Crippen molar-refractivity contribution < 1.29 is 19.1 Å². The molecule has 0 atom stereocenters. The Hall–Kier alpha value is -1.84. The van der Waals surface area contributed by atoms with Gasteiger partial charge in [0.1, 0.15) is 11.5 Å². The molecule has 104 valence electrons. The molecule has 0 aliphatic heterocycles. The Balaban J connectivity index is 2.87. The molecule has 0 aliphatic rings. The van der Waals surface area contributed by atoms with Crippen LogP contribution in [-0.2, 0) is 16.0 Å². The van der Waals surface area contributed by atoms with Gasteiger partial charge in [0, 0.05) is 19.9 Å². The maximum Gasteiger partial charge on any atom is 0.308 e. The highest BCUT2D eigenvalue weighted by atomic mass is 16.5. The van der Waals surface area contributed by atoms with E-state index in [0.717, 1.165) is 31.2 Å². The van der Waals surface area contributed by atoms with Crippen molar-refractivity contribution in [3.63, 3.8) is 0 Å². The smallest absolute Gasteiger partial charge is 0.308 e. The highest BCUT2D eigenvalue weighted by Gasteiger charge is 2.07. The molecule has 0 bridgehead atoms. The molecule has 4 heteroatoms. The summed E-state index contributed by atoms with van der Waals surface area (Å²) < 4.78 is 10.1. The van der Waals surface area contributed by atoms with E-state index in [1.165, 1.54) is 13.8 Å². The quantitative estimate of drug-likeness (QED) is 0.449. The number of hydrogen-bond acceptors (Lipinski definition) is 4. The maximum atomic E-state index is 11.0. The third-order valence-electron chi connectivity index (χ3n) is 2.53. The molecular formula is C15H20O4. The fourth-order valence-corrected chi connectivity index (χ4v) is 1.80.